The molecule has 0 saturated heterocycles. The number of ether oxygens (including phenoxy) is 2. The summed E-state index contributed by atoms with van der Waals surface area (Å²) in [7, 11) is -1.28. The van der Waals surface area contributed by atoms with E-state index >= 15 is 0 Å². The smallest absolute Gasteiger partial charge is 0.415 e. The van der Waals surface area contributed by atoms with Gasteiger partial charge in [0.25, 0.3) is 0 Å². The Balaban J connectivity index is 0.000000578. The van der Waals surface area contributed by atoms with Crippen LogP contribution in [-0.2, 0) is 35.8 Å². The first kappa shape index (κ1) is 58.1. The Labute approximate surface area is 418 Å². The monoisotopic (exact) mass is 1280 g/mol. The second-order valence-electron chi connectivity index (χ2n) is 16.5. The summed E-state index contributed by atoms with van der Waals surface area (Å²) in [5.74, 6) is 1.19. The van der Waals surface area contributed by atoms with Crippen molar-refractivity contribution in [3.05, 3.63) is 41.6 Å². The predicted octanol–water partition coefficient (Wildman–Crippen LogP) is 11.7. The van der Waals surface area contributed by atoms with Crippen LogP contribution < -0.4 is 10.0 Å². The average Bonchev–Trinajstić information content (AvgIpc) is 3.97. The molecule has 0 radical (unpaired) electrons. The fourth-order valence-electron chi connectivity index (χ4n) is 5.32. The summed E-state index contributed by atoms with van der Waals surface area (Å²) >= 11 is 19.8. The van der Waals surface area contributed by atoms with Crippen LogP contribution in [0.3, 0.4) is 0 Å². The van der Waals surface area contributed by atoms with Crippen LogP contribution in [0.1, 0.15) is 113 Å². The van der Waals surface area contributed by atoms with Gasteiger partial charge in [0.2, 0.25) is 6.40 Å². The summed E-state index contributed by atoms with van der Waals surface area (Å²) in [5.41, 5.74) is -1.81. The van der Waals surface area contributed by atoms with Gasteiger partial charge in [-0.1, -0.05) is 14.4 Å². The minimum atomic E-state index is -1.28. The molecule has 1 unspecified atom stereocenters. The summed E-state index contributed by atoms with van der Waals surface area (Å²) in [4.78, 5) is 53.4. The zero-order valence-corrected chi connectivity index (χ0v) is 46.8. The van der Waals surface area contributed by atoms with Gasteiger partial charge in [-0.2, -0.15) is 9.88 Å². The molecule has 346 valence electrons. The third-order valence-electron chi connectivity index (χ3n) is 8.02. The molecule has 4 heterocycles. The van der Waals surface area contributed by atoms with Crippen LogP contribution in [0.2, 0.25) is 0 Å². The highest BCUT2D eigenvalue weighted by Crippen LogP contribution is 2.36. The maximum atomic E-state index is 12.9. The number of nitrogens with zero attached hydrogens (tertiary/aromatic N) is 5. The lowest BCUT2D eigenvalue weighted by atomic mass is 9.96. The Morgan fingerprint density at radius 1 is 0.951 bits per heavy atom. The van der Waals surface area contributed by atoms with Crippen LogP contribution in [-0.4, -0.2) is 104 Å². The molecule has 2 aliphatic rings. The van der Waals surface area contributed by atoms with E-state index in [0.717, 1.165) is 25.1 Å². The van der Waals surface area contributed by atoms with E-state index in [4.69, 9.17) is 31.5 Å². The highest BCUT2D eigenvalue weighted by Gasteiger charge is 2.40. The number of amidine groups is 2. The Morgan fingerprint density at radius 2 is 1.49 bits per heavy atom. The number of hydrogen-bond donors (Lipinski definition) is 2. The molecule has 0 spiro atoms. The second-order valence-corrected chi connectivity index (χ2v) is 22.6. The fourth-order valence-corrected chi connectivity index (χ4v) is 9.54. The van der Waals surface area contributed by atoms with Crippen LogP contribution in [0.5, 0.6) is 0 Å². The van der Waals surface area contributed by atoms with Gasteiger partial charge in [0, 0.05) is 79.0 Å². The first-order valence-corrected chi connectivity index (χ1v) is 30.0. The van der Waals surface area contributed by atoms with E-state index in [2.05, 4.69) is 94.1 Å². The van der Waals surface area contributed by atoms with Crippen LogP contribution in [0, 0.1) is 0 Å². The molecule has 0 aromatic carbocycles. The van der Waals surface area contributed by atoms with Crippen molar-refractivity contribution >= 4 is 150 Å². The summed E-state index contributed by atoms with van der Waals surface area (Å²) < 4.78 is 28.8. The van der Waals surface area contributed by atoms with E-state index < -0.39 is 44.7 Å². The van der Waals surface area contributed by atoms with Gasteiger partial charge in [-0.3, -0.25) is 19.8 Å². The molecular formula is C39H61Br2I2N7O7S4. The van der Waals surface area contributed by atoms with E-state index in [1.807, 2.05) is 99.1 Å². The number of halogens is 4. The number of carbonyl (C=O) groups excluding carboxylic acids is 2. The van der Waals surface area contributed by atoms with E-state index in [1.54, 1.807) is 39.4 Å². The quantitative estimate of drug-likeness (QED) is 0.0402. The molecule has 2 aliphatic heterocycles. The van der Waals surface area contributed by atoms with Crippen molar-refractivity contribution < 1.29 is 33.0 Å². The number of rotatable bonds is 12. The highest BCUT2D eigenvalue weighted by molar-refractivity contribution is 15.0. The molecule has 2 N–H and O–H groups in total. The minimum absolute atomic E-state index is 0. The van der Waals surface area contributed by atoms with E-state index in [0.29, 0.717) is 50.9 Å². The third-order valence-corrected chi connectivity index (χ3v) is 13.8. The molecule has 61 heavy (non-hydrogen) atoms. The summed E-state index contributed by atoms with van der Waals surface area (Å²) in [6.07, 6.45) is 0.736. The van der Waals surface area contributed by atoms with Gasteiger partial charge in [-0.05, 0) is 132 Å². The van der Waals surface area contributed by atoms with Crippen molar-refractivity contribution in [3.8, 4) is 0 Å². The Bertz CT molecular complexity index is 1860. The van der Waals surface area contributed by atoms with Gasteiger partial charge in [-0.15, -0.1) is 22.7 Å². The number of carbonyl (C=O) groups is 2. The van der Waals surface area contributed by atoms with Gasteiger partial charge >= 0.3 is 12.2 Å². The van der Waals surface area contributed by atoms with Crippen LogP contribution in [0.25, 0.3) is 0 Å². The maximum absolute atomic E-state index is 12.9. The Hall–Kier alpha value is -0.870. The lowest BCUT2D eigenvalue weighted by Crippen LogP contribution is -2.51. The number of thiocarbonyl (C=S) groups is 1. The van der Waals surface area contributed by atoms with Gasteiger partial charge in [-0.25, -0.2) is 18.5 Å². The second kappa shape index (κ2) is 26.3. The SMILES string of the molecule is C.CC(C)(C)OC(=O)N1CCN=C1C[C@](C)(N[S@](=O)C(C)(C)C)c1cc(Br)cs1.CCOOC=NC(=S)NC(C1=NCCN1C(=O)OC(C)(C)C)[C@@H](C)c1cc(Br)cs1.II. The minimum Gasteiger partial charge on any atom is -0.443 e. The molecule has 2 aromatic heterocycles. The largest absolute Gasteiger partial charge is 0.443 e. The number of nitrogens with one attached hydrogen (secondary N) is 2. The average molecular weight is 1280 g/mol. The molecular weight excluding hydrogens is 1220 g/mol. The van der Waals surface area contributed by atoms with Gasteiger partial charge in [0.15, 0.2) is 5.11 Å². The topological polar surface area (TPSA) is 156 Å². The third kappa shape index (κ3) is 19.6. The van der Waals surface area contributed by atoms with Crippen LogP contribution >= 0.6 is 104 Å². The van der Waals surface area contributed by atoms with Crippen molar-refractivity contribution in [2.75, 3.05) is 32.8 Å². The summed E-state index contributed by atoms with van der Waals surface area (Å²) in [5, 5.41) is 7.40. The van der Waals surface area contributed by atoms with Gasteiger partial charge in [0.05, 0.1) is 60.1 Å². The lowest BCUT2D eigenvalue weighted by molar-refractivity contribution is -0.211. The predicted molar refractivity (Wildman–Crippen MR) is 281 cm³/mol. The molecule has 0 saturated carbocycles. The molecule has 22 heteroatoms. The molecule has 2 aromatic rings. The zero-order valence-electron chi connectivity index (χ0n) is 36.0. The van der Waals surface area contributed by atoms with Crippen molar-refractivity contribution in [2.24, 2.45) is 15.0 Å². The normalized spacial score (nSPS) is 16.7. The molecule has 0 bridgehead atoms. The summed E-state index contributed by atoms with van der Waals surface area (Å²) in [6, 6.07) is 3.68. The van der Waals surface area contributed by atoms with Crippen molar-refractivity contribution in [2.45, 2.75) is 130 Å². The number of thiophene rings is 2. The Morgan fingerprint density at radius 3 is 2.00 bits per heavy atom. The molecule has 14 nitrogen and oxygen atoms in total. The molecule has 2 amide bonds. The van der Waals surface area contributed by atoms with E-state index in [-0.39, 0.29) is 24.5 Å². The van der Waals surface area contributed by atoms with Gasteiger partial charge in [0.1, 0.15) is 22.9 Å². The lowest BCUT2D eigenvalue weighted by Gasteiger charge is -2.34. The molecule has 0 fully saturated rings. The van der Waals surface area contributed by atoms with E-state index in [1.165, 1.54) is 0 Å². The fraction of sp³-hybridized carbons (Fsp3) is 0.641. The number of hydrogen-bond acceptors (Lipinski definition) is 12. The van der Waals surface area contributed by atoms with E-state index in [9.17, 15) is 13.8 Å². The number of aliphatic imine (C=N–C) groups is 3. The van der Waals surface area contributed by atoms with Crippen LogP contribution in [0.15, 0.2) is 46.8 Å². The molecule has 4 rings (SSSR count). The van der Waals surface area contributed by atoms with Gasteiger partial charge < -0.3 is 19.7 Å². The zero-order chi connectivity index (χ0) is 45.6. The maximum Gasteiger partial charge on any atom is 0.415 e. The first-order chi connectivity index (χ1) is 27.8. The molecule has 0 aliphatic carbocycles. The van der Waals surface area contributed by atoms with Crippen molar-refractivity contribution in [3.63, 3.8) is 0 Å². The standard InChI is InChI=1S/C19H27BrN4O4S2.C19H30BrN3O3S2.CH4.I2/c1-6-26-27-11-22-17(29)23-15(12(2)14-9-13(20)10-30-14)16-21-7-8-24(16)18(25)28-19(3,4)5;1-17(2,3)26-16(24)23-9-8-21-15(23)11-19(7,14-10-13(20)12-27-14)22-28(25)18(4,5)6;;1-2/h9-12,15H,6-8H2,1-5H3,(H,23,29);10,12,22H,8-9,11H2,1-7H3;1H4;/t12-,15?;19-,28+;;/m00../s1. The Kier molecular flexibility index (Phi) is 25.1. The number of amides is 2. The van der Waals surface area contributed by atoms with Crippen molar-refractivity contribution in [1.82, 2.24) is 19.8 Å². The first-order valence-electron chi connectivity index (χ1n) is 18.9. The van der Waals surface area contributed by atoms with Crippen molar-refractivity contribution in [1.29, 1.82) is 0 Å². The van der Waals surface area contributed by atoms with Crippen LogP contribution in [0.4, 0.5) is 9.59 Å². The molecule has 4 atom stereocenters. The highest BCUT2D eigenvalue weighted by atomic mass is 128. The summed E-state index contributed by atoms with van der Waals surface area (Å²) in [6.45, 7) is 25.1.